The molecule has 1 radical (unpaired) electrons. The Bertz CT molecular complexity index is 546. The van der Waals surface area contributed by atoms with Crippen LogP contribution in [0.15, 0.2) is 54.1 Å². The molecule has 2 rings (SSSR count). The zero-order valence-electron chi connectivity index (χ0n) is 13.8. The van der Waals surface area contributed by atoms with Gasteiger partial charge in [-0.25, -0.2) is 0 Å². The molecule has 122 valence electrons. The molecular weight excluding hydrogens is 347 g/mol. The summed E-state index contributed by atoms with van der Waals surface area (Å²) in [5, 5.41) is 0. The number of hydrogen-bond donors (Lipinski definition) is 0. The van der Waals surface area contributed by atoms with Gasteiger partial charge in [-0.2, -0.15) is 0 Å². The van der Waals surface area contributed by atoms with Crippen molar-refractivity contribution in [2.75, 3.05) is 0 Å². The molecule has 23 heavy (non-hydrogen) atoms. The molecule has 0 heterocycles. The van der Waals surface area contributed by atoms with Crippen LogP contribution in [0.5, 0.6) is 0 Å². The van der Waals surface area contributed by atoms with E-state index >= 15 is 0 Å². The van der Waals surface area contributed by atoms with E-state index in [4.69, 9.17) is 13.7 Å². The molecule has 0 saturated carbocycles. The minimum absolute atomic E-state index is 0.854. The summed E-state index contributed by atoms with van der Waals surface area (Å²) in [6.07, 6.45) is 8.24. The monoisotopic (exact) mass is 368 g/mol. The molecule has 0 spiro atoms. The fraction of sp³-hybridized carbons (Fsp3) is 0.222. The van der Waals surface area contributed by atoms with Gasteiger partial charge in [-0.3, -0.25) is 0 Å². The Morgan fingerprint density at radius 3 is 1.83 bits per heavy atom. The summed E-state index contributed by atoms with van der Waals surface area (Å²) in [7, 11) is -1.49. The molecule has 0 saturated heterocycles. The van der Waals surface area contributed by atoms with Crippen LogP contribution in [-0.2, 0) is 29.3 Å². The first-order valence-corrected chi connectivity index (χ1v) is 10.7. The Morgan fingerprint density at radius 2 is 1.52 bits per heavy atom. The normalized spacial score (nSPS) is 11.4. The fourth-order valence-electron chi connectivity index (χ4n) is 1.37. The van der Waals surface area contributed by atoms with Crippen molar-refractivity contribution < 1.29 is 29.3 Å². The molecule has 0 fully saturated rings. The van der Waals surface area contributed by atoms with E-state index in [1.165, 1.54) is 5.57 Å². The second-order valence-corrected chi connectivity index (χ2v) is 10.3. The molecule has 0 N–H and O–H groups in total. The molecule has 0 atom stereocenters. The first-order valence-electron chi connectivity index (χ1n) is 6.74. The van der Waals surface area contributed by atoms with Gasteiger partial charge in [0.2, 0.25) is 0 Å². The molecule has 0 unspecified atom stereocenters. The maximum absolute atomic E-state index is 7.50. The van der Waals surface area contributed by atoms with Gasteiger partial charge in [0.25, 0.3) is 0 Å². The maximum atomic E-state index is 7.50. The van der Waals surface area contributed by atoms with E-state index in [-0.39, 0.29) is 0 Å². The Balaban J connectivity index is 0. The van der Waals surface area contributed by atoms with E-state index in [1.54, 1.807) is 0 Å². The van der Waals surface area contributed by atoms with Crippen LogP contribution in [0.2, 0.25) is 19.6 Å². The van der Waals surface area contributed by atoms with Gasteiger partial charge in [0, 0.05) is 6.42 Å². The van der Waals surface area contributed by atoms with Crippen molar-refractivity contribution in [3.05, 3.63) is 79.4 Å². The zero-order valence-corrected chi connectivity index (χ0v) is 16.0. The summed E-state index contributed by atoms with van der Waals surface area (Å²) in [6.45, 7) is 17.6. The summed E-state index contributed by atoms with van der Waals surface area (Å²) in [6, 6.07) is 10.1. The van der Waals surface area contributed by atoms with Gasteiger partial charge in [-0.05, 0) is 6.92 Å². The van der Waals surface area contributed by atoms with Crippen molar-refractivity contribution in [1.82, 2.24) is 0 Å². The topological polar surface area (TPSA) is 49.0 Å². The number of benzene rings is 1. The van der Waals surface area contributed by atoms with Crippen molar-refractivity contribution in [2.24, 2.45) is 0 Å². The second kappa shape index (κ2) is 14.3. The molecule has 0 aromatic heterocycles. The van der Waals surface area contributed by atoms with Gasteiger partial charge in [0.1, 0.15) is 0 Å². The summed E-state index contributed by atoms with van der Waals surface area (Å²) in [5.74, 6) is 0. The van der Waals surface area contributed by atoms with Crippen LogP contribution in [0, 0.1) is 19.7 Å². The van der Waals surface area contributed by atoms with Crippen LogP contribution in [0.25, 0.3) is 0 Å². The van der Waals surface area contributed by atoms with Gasteiger partial charge in [0.15, 0.2) is 0 Å². The third-order valence-corrected chi connectivity index (χ3v) is 3.72. The summed E-state index contributed by atoms with van der Waals surface area (Å²) < 4.78 is 21.6. The third-order valence-electron chi connectivity index (χ3n) is 2.23. The molecule has 1 aliphatic carbocycles. The van der Waals surface area contributed by atoms with E-state index in [2.05, 4.69) is 67.9 Å². The van der Waals surface area contributed by atoms with Crippen molar-refractivity contribution >= 4 is 12.9 Å². The Labute approximate surface area is 148 Å². The van der Waals surface area contributed by atoms with Crippen LogP contribution < -0.4 is 0 Å². The Kier molecular flexibility index (Phi) is 15.0. The van der Waals surface area contributed by atoms with Crippen LogP contribution >= 0.6 is 0 Å². The van der Waals surface area contributed by atoms with Crippen LogP contribution in [0.4, 0.5) is 0 Å². The number of rotatable bonds is 3. The SMILES string of the molecule is CC1=CC=C[CH]1.C[Si](C)(C)O[C](=[Mn])c1ccccc1.[C-]#[O+].[C-]#[O+]. The number of hydrogen-bond acceptors (Lipinski definition) is 1. The first kappa shape index (κ1) is 24.0. The average molecular weight is 368 g/mol. The van der Waals surface area contributed by atoms with Crippen molar-refractivity contribution in [3.8, 4) is 0 Å². The number of allylic oxidation sites excluding steroid dienone is 4. The second-order valence-electron chi connectivity index (χ2n) is 5.32. The first-order chi connectivity index (χ1) is 10.9. The molecule has 1 aliphatic rings. The van der Waals surface area contributed by atoms with E-state index in [9.17, 15) is 0 Å². The van der Waals surface area contributed by atoms with Crippen LogP contribution in [-0.4, -0.2) is 12.9 Å². The molecule has 1 aromatic carbocycles. The molecular formula is C18H21MnO3Si. The van der Waals surface area contributed by atoms with Crippen LogP contribution in [0.3, 0.4) is 0 Å². The van der Waals surface area contributed by atoms with E-state index in [1.807, 2.05) is 42.5 Å². The van der Waals surface area contributed by atoms with Gasteiger partial charge in [-0.1, -0.05) is 23.8 Å². The quantitative estimate of drug-likeness (QED) is 0.448. The summed E-state index contributed by atoms with van der Waals surface area (Å²) in [5.41, 5.74) is 2.44. The van der Waals surface area contributed by atoms with Crippen LogP contribution in [0.1, 0.15) is 12.5 Å². The predicted molar refractivity (Wildman–Crippen MR) is 90.0 cm³/mol. The zero-order chi connectivity index (χ0) is 18.3. The van der Waals surface area contributed by atoms with Crippen molar-refractivity contribution in [1.29, 1.82) is 0 Å². The molecule has 0 bridgehead atoms. The van der Waals surface area contributed by atoms with Gasteiger partial charge < -0.3 is 0 Å². The Morgan fingerprint density at radius 1 is 1.00 bits per heavy atom. The summed E-state index contributed by atoms with van der Waals surface area (Å²) in [4.78, 5) is 0. The standard InChI is InChI=1S/C10H14OSi.C6H7.2CO.Mn/c1-12(2,3)11-9-10-7-5-4-6-8-10;1-6-4-2-3-5-6;2*1-2;/h4-8H,1-3H3;2-5H,1H3;;;. The van der Waals surface area contributed by atoms with Crippen molar-refractivity contribution in [2.45, 2.75) is 26.6 Å². The summed E-state index contributed by atoms with van der Waals surface area (Å²) >= 11 is 3.45. The van der Waals surface area contributed by atoms with Gasteiger partial charge in [0.05, 0.1) is 0 Å². The molecule has 1 aromatic rings. The molecule has 0 aliphatic heterocycles. The van der Waals surface area contributed by atoms with Crippen molar-refractivity contribution in [3.63, 3.8) is 0 Å². The molecule has 0 amide bonds. The molecule has 5 heteroatoms. The Hall–Kier alpha value is -1.25. The molecule has 3 nitrogen and oxygen atoms in total. The van der Waals surface area contributed by atoms with Gasteiger partial charge >= 0.3 is 111 Å². The van der Waals surface area contributed by atoms with E-state index in [0.29, 0.717) is 0 Å². The average Bonchev–Trinajstić information content (AvgIpc) is 3.02. The predicted octanol–water partition coefficient (Wildman–Crippen LogP) is 4.19. The fourth-order valence-corrected chi connectivity index (χ4v) is 3.30. The van der Waals surface area contributed by atoms with E-state index < -0.39 is 8.32 Å². The minimum atomic E-state index is -1.49. The third kappa shape index (κ3) is 14.1. The van der Waals surface area contributed by atoms with E-state index in [0.717, 1.165) is 10.2 Å². The van der Waals surface area contributed by atoms with Gasteiger partial charge in [-0.15, -0.1) is 0 Å².